The van der Waals surface area contributed by atoms with Crippen molar-refractivity contribution in [1.29, 1.82) is 0 Å². The second kappa shape index (κ2) is 7.81. The first-order chi connectivity index (χ1) is 13.5. The molecule has 148 valence electrons. The van der Waals surface area contributed by atoms with Gasteiger partial charge in [0.2, 0.25) is 16.1 Å². The summed E-state index contributed by atoms with van der Waals surface area (Å²) in [6.45, 7) is 1.13. The number of para-hydroxylation sites is 2. The Morgan fingerprint density at radius 2 is 1.61 bits per heavy atom. The van der Waals surface area contributed by atoms with Crippen molar-refractivity contribution in [1.82, 2.24) is 9.62 Å². The summed E-state index contributed by atoms with van der Waals surface area (Å²) in [5.41, 5.74) is 0. The first-order valence-corrected chi connectivity index (χ1v) is 10.8. The molecule has 4 rings (SSSR count). The van der Waals surface area contributed by atoms with Crippen LogP contribution < -0.4 is 14.2 Å². The van der Waals surface area contributed by atoms with Gasteiger partial charge in [0.15, 0.2) is 11.5 Å². The fourth-order valence-corrected chi connectivity index (χ4v) is 4.78. The van der Waals surface area contributed by atoms with Gasteiger partial charge in [0.05, 0.1) is 4.90 Å². The molecule has 0 aromatic heterocycles. The maximum Gasteiger partial charge on any atom is 0.267 e. The maximum atomic E-state index is 12.8. The second-order valence-corrected chi connectivity index (χ2v) is 8.61. The highest BCUT2D eigenvalue weighted by Crippen LogP contribution is 2.31. The summed E-state index contributed by atoms with van der Waals surface area (Å²) < 4.78 is 39.0. The van der Waals surface area contributed by atoms with Crippen LogP contribution in [-0.4, -0.2) is 51.1 Å². The monoisotopic (exact) mass is 402 g/mol. The summed E-state index contributed by atoms with van der Waals surface area (Å²) in [6, 6.07) is 15.4. The molecule has 0 aliphatic carbocycles. The summed E-state index contributed by atoms with van der Waals surface area (Å²) in [4.78, 5) is 14.7. The third-order valence-electron chi connectivity index (χ3n) is 4.97. The Kier molecular flexibility index (Phi) is 5.23. The van der Waals surface area contributed by atoms with Gasteiger partial charge in [-0.05, 0) is 37.1 Å². The molecule has 2 aromatic rings. The van der Waals surface area contributed by atoms with E-state index < -0.39 is 16.1 Å². The van der Waals surface area contributed by atoms with Crippen LogP contribution in [0.4, 0.5) is 0 Å². The van der Waals surface area contributed by atoms with Crippen molar-refractivity contribution in [2.45, 2.75) is 29.9 Å². The van der Waals surface area contributed by atoms with Crippen LogP contribution in [0.15, 0.2) is 59.5 Å². The Hall–Kier alpha value is -2.58. The number of nitrogens with one attached hydrogen (secondary N) is 1. The van der Waals surface area contributed by atoms with Crippen molar-refractivity contribution in [3.63, 3.8) is 0 Å². The van der Waals surface area contributed by atoms with Crippen LogP contribution in [0.3, 0.4) is 0 Å². The molecule has 1 saturated heterocycles. The lowest BCUT2D eigenvalue weighted by Crippen LogP contribution is -2.52. The summed E-state index contributed by atoms with van der Waals surface area (Å²) in [7, 11) is -3.55. The molecule has 2 heterocycles. The van der Waals surface area contributed by atoms with E-state index in [1.807, 2.05) is 12.1 Å². The largest absolute Gasteiger partial charge is 0.485 e. The Morgan fingerprint density at radius 3 is 2.32 bits per heavy atom. The van der Waals surface area contributed by atoms with Crippen LogP contribution in [0, 0.1) is 0 Å². The number of nitrogens with zero attached hydrogens (tertiary/aromatic N) is 1. The van der Waals surface area contributed by atoms with Crippen LogP contribution in [-0.2, 0) is 14.8 Å². The van der Waals surface area contributed by atoms with E-state index in [-0.39, 0.29) is 23.5 Å². The van der Waals surface area contributed by atoms with Gasteiger partial charge in [-0.15, -0.1) is 0 Å². The molecule has 2 aliphatic rings. The van der Waals surface area contributed by atoms with Gasteiger partial charge in [0.25, 0.3) is 5.91 Å². The van der Waals surface area contributed by atoms with Crippen molar-refractivity contribution in [2.24, 2.45) is 0 Å². The number of piperidine rings is 1. The number of rotatable bonds is 4. The molecule has 1 fully saturated rings. The van der Waals surface area contributed by atoms with E-state index in [0.29, 0.717) is 37.4 Å². The van der Waals surface area contributed by atoms with Gasteiger partial charge in [0, 0.05) is 19.1 Å². The van der Waals surface area contributed by atoms with Crippen molar-refractivity contribution < 1.29 is 22.7 Å². The zero-order chi connectivity index (χ0) is 19.6. The van der Waals surface area contributed by atoms with Crippen molar-refractivity contribution >= 4 is 15.9 Å². The molecule has 28 heavy (non-hydrogen) atoms. The van der Waals surface area contributed by atoms with E-state index in [1.165, 1.54) is 0 Å². The SMILES string of the molecule is O=C([C@@H]1COc2ccccc2O1)N1CCC(NS(=O)(=O)c2ccccc2)CC1. The lowest BCUT2D eigenvalue weighted by molar-refractivity contribution is -0.142. The van der Waals surface area contributed by atoms with Gasteiger partial charge in [-0.2, -0.15) is 0 Å². The molecule has 1 amide bonds. The minimum Gasteiger partial charge on any atom is -0.485 e. The molecular weight excluding hydrogens is 380 g/mol. The Labute approximate surface area is 164 Å². The molecule has 0 radical (unpaired) electrons. The number of hydrogen-bond donors (Lipinski definition) is 1. The standard InChI is InChI=1S/C20H22N2O5S/c23-20(19-14-26-17-8-4-5-9-18(17)27-19)22-12-10-15(11-13-22)21-28(24,25)16-6-2-1-3-7-16/h1-9,15,19,21H,10-14H2/t19-/m0/s1. The number of amides is 1. The molecular formula is C20H22N2O5S. The number of sulfonamides is 1. The summed E-state index contributed by atoms with van der Waals surface area (Å²) >= 11 is 0. The van der Waals surface area contributed by atoms with E-state index in [9.17, 15) is 13.2 Å². The van der Waals surface area contributed by atoms with Gasteiger partial charge < -0.3 is 14.4 Å². The van der Waals surface area contributed by atoms with E-state index in [2.05, 4.69) is 4.72 Å². The zero-order valence-electron chi connectivity index (χ0n) is 15.3. The third kappa shape index (κ3) is 3.98. The molecule has 0 bridgehead atoms. The molecule has 1 atom stereocenters. The summed E-state index contributed by atoms with van der Waals surface area (Å²) in [5, 5.41) is 0. The fourth-order valence-electron chi connectivity index (χ4n) is 3.45. The van der Waals surface area contributed by atoms with Crippen LogP contribution in [0.2, 0.25) is 0 Å². The summed E-state index contributed by atoms with van der Waals surface area (Å²) in [5.74, 6) is 1.08. The fraction of sp³-hybridized carbons (Fsp3) is 0.350. The van der Waals surface area contributed by atoms with Crippen LogP contribution >= 0.6 is 0 Å². The summed E-state index contributed by atoms with van der Waals surface area (Å²) in [6.07, 6.45) is 0.441. The maximum absolute atomic E-state index is 12.8. The topological polar surface area (TPSA) is 84.9 Å². The highest BCUT2D eigenvalue weighted by molar-refractivity contribution is 7.89. The molecule has 0 saturated carbocycles. The van der Waals surface area contributed by atoms with E-state index in [1.54, 1.807) is 47.4 Å². The number of carbonyl (C=O) groups excluding carboxylic acids is 1. The molecule has 1 N–H and O–H groups in total. The number of likely N-dealkylation sites (tertiary alicyclic amines) is 1. The van der Waals surface area contributed by atoms with E-state index in [0.717, 1.165) is 0 Å². The smallest absolute Gasteiger partial charge is 0.267 e. The van der Waals surface area contributed by atoms with Gasteiger partial charge in [0.1, 0.15) is 6.61 Å². The van der Waals surface area contributed by atoms with Crippen molar-refractivity contribution in [3.05, 3.63) is 54.6 Å². The van der Waals surface area contributed by atoms with Crippen LogP contribution in [0.25, 0.3) is 0 Å². The van der Waals surface area contributed by atoms with E-state index >= 15 is 0 Å². The number of fused-ring (bicyclic) bond motifs is 1. The lowest BCUT2D eigenvalue weighted by atomic mass is 10.1. The second-order valence-electron chi connectivity index (χ2n) is 6.90. The number of carbonyl (C=O) groups is 1. The Morgan fingerprint density at radius 1 is 0.964 bits per heavy atom. The highest BCUT2D eigenvalue weighted by atomic mass is 32.2. The van der Waals surface area contributed by atoms with Crippen LogP contribution in [0.5, 0.6) is 11.5 Å². The normalized spacial score (nSPS) is 20.0. The average molecular weight is 402 g/mol. The molecule has 2 aromatic carbocycles. The number of hydrogen-bond acceptors (Lipinski definition) is 5. The van der Waals surface area contributed by atoms with Crippen LogP contribution in [0.1, 0.15) is 12.8 Å². The number of ether oxygens (including phenoxy) is 2. The first kappa shape index (κ1) is 18.8. The molecule has 0 unspecified atom stereocenters. The molecule has 2 aliphatic heterocycles. The first-order valence-electron chi connectivity index (χ1n) is 9.27. The number of benzene rings is 2. The van der Waals surface area contributed by atoms with Gasteiger partial charge in [-0.3, -0.25) is 4.79 Å². The van der Waals surface area contributed by atoms with Gasteiger partial charge in [-0.1, -0.05) is 30.3 Å². The third-order valence-corrected chi connectivity index (χ3v) is 6.50. The average Bonchev–Trinajstić information content (AvgIpc) is 2.74. The van der Waals surface area contributed by atoms with Gasteiger partial charge in [-0.25, -0.2) is 13.1 Å². The van der Waals surface area contributed by atoms with Crippen molar-refractivity contribution in [3.8, 4) is 11.5 Å². The quantitative estimate of drug-likeness (QED) is 0.843. The molecule has 7 nitrogen and oxygen atoms in total. The van der Waals surface area contributed by atoms with Gasteiger partial charge >= 0.3 is 0 Å². The minimum absolute atomic E-state index is 0.126. The predicted octanol–water partition coefficient (Wildman–Crippen LogP) is 1.80. The zero-order valence-corrected chi connectivity index (χ0v) is 16.1. The Balaban J connectivity index is 1.33. The lowest BCUT2D eigenvalue weighted by Gasteiger charge is -2.35. The minimum atomic E-state index is -3.55. The van der Waals surface area contributed by atoms with E-state index in [4.69, 9.17) is 9.47 Å². The highest BCUT2D eigenvalue weighted by Gasteiger charge is 2.33. The predicted molar refractivity (Wildman–Crippen MR) is 103 cm³/mol. The Bertz CT molecular complexity index is 940. The molecule has 0 spiro atoms. The molecule has 8 heteroatoms. The van der Waals surface area contributed by atoms with Crippen molar-refractivity contribution in [2.75, 3.05) is 19.7 Å².